The summed E-state index contributed by atoms with van der Waals surface area (Å²) < 4.78 is 7.65. The zero-order valence-corrected chi connectivity index (χ0v) is 18.6. The number of hydrogen-bond donors (Lipinski definition) is 1. The number of thioether (sulfide) groups is 1. The van der Waals surface area contributed by atoms with Crippen molar-refractivity contribution in [2.75, 3.05) is 11.1 Å². The monoisotopic (exact) mass is 453 g/mol. The fraction of sp³-hybridized carbons (Fsp3) is 0.227. The second-order valence-electron chi connectivity index (χ2n) is 7.00. The molecule has 0 radical (unpaired) electrons. The van der Waals surface area contributed by atoms with Gasteiger partial charge in [0.1, 0.15) is 12.4 Å². The third-order valence-corrected chi connectivity index (χ3v) is 5.47. The molecule has 9 nitrogen and oxygen atoms in total. The van der Waals surface area contributed by atoms with Gasteiger partial charge in [-0.25, -0.2) is 0 Å². The molecule has 1 amide bonds. The lowest BCUT2D eigenvalue weighted by molar-refractivity contribution is -0.384. The molecule has 32 heavy (non-hydrogen) atoms. The molecule has 0 spiro atoms. The molecule has 2 aromatic carbocycles. The third kappa shape index (κ3) is 5.94. The molecule has 0 saturated carbocycles. The van der Waals surface area contributed by atoms with Crippen LogP contribution in [0, 0.1) is 24.0 Å². The molecule has 0 aliphatic carbocycles. The molecule has 1 heterocycles. The lowest BCUT2D eigenvalue weighted by atomic mass is 10.2. The Morgan fingerprint density at radius 1 is 1.28 bits per heavy atom. The molecule has 1 aromatic heterocycles. The number of allylic oxidation sites excluding steroid dienone is 1. The molecule has 3 aromatic rings. The molecule has 166 valence electrons. The number of aromatic nitrogens is 3. The number of non-ortho nitro benzene ring substituents is 1. The summed E-state index contributed by atoms with van der Waals surface area (Å²) in [5.41, 5.74) is 2.16. The van der Waals surface area contributed by atoms with E-state index in [1.807, 2.05) is 35.8 Å². The zero-order valence-electron chi connectivity index (χ0n) is 17.8. The number of nitrogens with one attached hydrogen (secondary N) is 1. The Morgan fingerprint density at radius 3 is 2.81 bits per heavy atom. The first-order chi connectivity index (χ1) is 15.4. The number of nitro groups is 1. The average molecular weight is 454 g/mol. The Balaban J connectivity index is 1.64. The largest absolute Gasteiger partial charge is 0.486 e. The maximum atomic E-state index is 12.4. The number of amides is 1. The van der Waals surface area contributed by atoms with E-state index in [0.29, 0.717) is 23.2 Å². The van der Waals surface area contributed by atoms with Gasteiger partial charge < -0.3 is 10.1 Å². The van der Waals surface area contributed by atoms with E-state index < -0.39 is 4.92 Å². The summed E-state index contributed by atoms with van der Waals surface area (Å²) >= 11 is 1.22. The summed E-state index contributed by atoms with van der Waals surface area (Å²) in [6.45, 7) is 8.22. The van der Waals surface area contributed by atoms with Gasteiger partial charge in [0.05, 0.1) is 16.4 Å². The molecule has 1 N–H and O–H groups in total. The van der Waals surface area contributed by atoms with E-state index >= 15 is 0 Å². The minimum Gasteiger partial charge on any atom is -0.486 e. The van der Waals surface area contributed by atoms with Gasteiger partial charge in [0.2, 0.25) is 5.91 Å². The van der Waals surface area contributed by atoms with Crippen LogP contribution < -0.4 is 10.1 Å². The van der Waals surface area contributed by atoms with Gasteiger partial charge in [-0.1, -0.05) is 36.0 Å². The summed E-state index contributed by atoms with van der Waals surface area (Å²) in [5, 5.41) is 22.6. The van der Waals surface area contributed by atoms with Crippen LogP contribution in [-0.2, 0) is 17.9 Å². The number of nitro benzene ring substituents is 1. The van der Waals surface area contributed by atoms with Crippen LogP contribution >= 0.6 is 11.8 Å². The minimum absolute atomic E-state index is 0.0656. The van der Waals surface area contributed by atoms with Crippen LogP contribution in [0.2, 0.25) is 0 Å². The first-order valence-electron chi connectivity index (χ1n) is 9.77. The van der Waals surface area contributed by atoms with Crippen molar-refractivity contribution in [2.45, 2.75) is 32.2 Å². The summed E-state index contributed by atoms with van der Waals surface area (Å²) in [6.07, 6.45) is 1.72. The maximum Gasteiger partial charge on any atom is 0.271 e. The van der Waals surface area contributed by atoms with Crippen molar-refractivity contribution in [1.29, 1.82) is 0 Å². The fourth-order valence-corrected chi connectivity index (χ4v) is 3.64. The number of carbonyl (C=O) groups is 1. The van der Waals surface area contributed by atoms with Crippen molar-refractivity contribution < 1.29 is 14.5 Å². The van der Waals surface area contributed by atoms with Gasteiger partial charge in [-0.15, -0.1) is 16.8 Å². The van der Waals surface area contributed by atoms with E-state index in [9.17, 15) is 14.9 Å². The van der Waals surface area contributed by atoms with Crippen LogP contribution in [0.5, 0.6) is 5.75 Å². The van der Waals surface area contributed by atoms with Crippen LogP contribution in [0.4, 0.5) is 11.4 Å². The second-order valence-corrected chi connectivity index (χ2v) is 7.94. The SMILES string of the molecule is C=CCn1c(COc2cccc(C)c2)nnc1SCC(=O)Nc1cc([N+](=O)[O-])ccc1C. The van der Waals surface area contributed by atoms with Crippen LogP contribution in [0.25, 0.3) is 0 Å². The molecule has 3 rings (SSSR count). The molecular formula is C22H23N5O4S. The number of nitrogens with zero attached hydrogens (tertiary/aromatic N) is 4. The number of rotatable bonds is 10. The number of carbonyl (C=O) groups excluding carboxylic acids is 1. The highest BCUT2D eigenvalue weighted by Gasteiger charge is 2.16. The summed E-state index contributed by atoms with van der Waals surface area (Å²) in [7, 11) is 0. The van der Waals surface area contributed by atoms with Gasteiger partial charge in [0.15, 0.2) is 11.0 Å². The highest BCUT2D eigenvalue weighted by Crippen LogP contribution is 2.23. The smallest absolute Gasteiger partial charge is 0.271 e. The molecule has 0 aliphatic rings. The lowest BCUT2D eigenvalue weighted by Crippen LogP contribution is -2.16. The summed E-state index contributed by atoms with van der Waals surface area (Å²) in [6, 6.07) is 12.1. The molecule has 0 unspecified atom stereocenters. The molecule has 0 aliphatic heterocycles. The van der Waals surface area contributed by atoms with Crippen molar-refractivity contribution in [2.24, 2.45) is 0 Å². The average Bonchev–Trinajstić information content (AvgIpc) is 3.14. The second kappa shape index (κ2) is 10.6. The fourth-order valence-electron chi connectivity index (χ4n) is 2.87. The van der Waals surface area contributed by atoms with Crippen LogP contribution in [0.15, 0.2) is 60.3 Å². The number of hydrogen-bond acceptors (Lipinski definition) is 7. The molecule has 0 saturated heterocycles. The van der Waals surface area contributed by atoms with Crippen molar-refractivity contribution >= 4 is 29.0 Å². The van der Waals surface area contributed by atoms with Crippen molar-refractivity contribution in [3.8, 4) is 5.75 Å². The molecule has 0 bridgehead atoms. The number of anilines is 1. The van der Waals surface area contributed by atoms with E-state index in [2.05, 4.69) is 22.1 Å². The highest BCUT2D eigenvalue weighted by atomic mass is 32.2. The first-order valence-corrected chi connectivity index (χ1v) is 10.8. The van der Waals surface area contributed by atoms with Crippen LogP contribution in [-0.4, -0.2) is 31.3 Å². The molecule has 0 fully saturated rings. The van der Waals surface area contributed by atoms with E-state index in [-0.39, 0.29) is 24.0 Å². The number of ether oxygens (including phenoxy) is 1. The van der Waals surface area contributed by atoms with Gasteiger partial charge in [-0.3, -0.25) is 19.5 Å². The van der Waals surface area contributed by atoms with Crippen molar-refractivity contribution in [1.82, 2.24) is 14.8 Å². The van der Waals surface area contributed by atoms with Crippen molar-refractivity contribution in [3.05, 3.63) is 82.2 Å². The predicted octanol–water partition coefficient (Wildman–Crippen LogP) is 4.30. The van der Waals surface area contributed by atoms with Gasteiger partial charge in [-0.05, 0) is 37.1 Å². The van der Waals surface area contributed by atoms with Crippen molar-refractivity contribution in [3.63, 3.8) is 0 Å². The van der Waals surface area contributed by atoms with Crippen LogP contribution in [0.1, 0.15) is 17.0 Å². The number of benzene rings is 2. The quantitative estimate of drug-likeness (QED) is 0.211. The van der Waals surface area contributed by atoms with E-state index in [4.69, 9.17) is 4.74 Å². The van der Waals surface area contributed by atoms with Gasteiger partial charge in [0.25, 0.3) is 5.69 Å². The van der Waals surface area contributed by atoms with E-state index in [1.54, 1.807) is 19.1 Å². The molecule has 10 heteroatoms. The highest BCUT2D eigenvalue weighted by molar-refractivity contribution is 7.99. The van der Waals surface area contributed by atoms with E-state index in [0.717, 1.165) is 16.9 Å². The Bertz CT molecular complexity index is 1150. The normalized spacial score (nSPS) is 10.6. The van der Waals surface area contributed by atoms with E-state index in [1.165, 1.54) is 23.9 Å². The van der Waals surface area contributed by atoms with Crippen LogP contribution in [0.3, 0.4) is 0 Å². The first kappa shape index (κ1) is 23.0. The Labute approximate surface area is 189 Å². The van der Waals surface area contributed by atoms with Gasteiger partial charge >= 0.3 is 0 Å². The van der Waals surface area contributed by atoms with Gasteiger partial charge in [0, 0.05) is 18.7 Å². The maximum absolute atomic E-state index is 12.4. The minimum atomic E-state index is -0.498. The predicted molar refractivity (Wildman–Crippen MR) is 123 cm³/mol. The zero-order chi connectivity index (χ0) is 23.1. The molecule has 0 atom stereocenters. The Morgan fingerprint density at radius 2 is 2.09 bits per heavy atom. The van der Waals surface area contributed by atoms with Gasteiger partial charge in [-0.2, -0.15) is 0 Å². The lowest BCUT2D eigenvalue weighted by Gasteiger charge is -2.10. The third-order valence-electron chi connectivity index (χ3n) is 4.50. The summed E-state index contributed by atoms with van der Waals surface area (Å²) in [5.74, 6) is 1.11. The topological polar surface area (TPSA) is 112 Å². The number of aryl methyl sites for hydroxylation is 2. The summed E-state index contributed by atoms with van der Waals surface area (Å²) in [4.78, 5) is 22.9. The standard InChI is InChI=1S/C22H23N5O4S/c1-4-10-26-20(13-31-18-7-5-6-15(2)11-18)24-25-22(26)32-14-21(28)23-19-12-17(27(29)30)9-8-16(19)3/h4-9,11-12H,1,10,13-14H2,2-3H3,(H,23,28). The molecular weight excluding hydrogens is 430 g/mol. The Hall–Kier alpha value is -3.66. The Kier molecular flexibility index (Phi) is 7.61.